The van der Waals surface area contributed by atoms with Gasteiger partial charge in [-0.1, -0.05) is 11.6 Å². The number of halogens is 2. The smallest absolute Gasteiger partial charge is 0.310 e. The van der Waals surface area contributed by atoms with Crippen LogP contribution in [-0.2, 0) is 0 Å². The molecule has 17 heavy (non-hydrogen) atoms. The number of nitro groups is 1. The van der Waals surface area contributed by atoms with E-state index < -0.39 is 21.7 Å². The lowest BCUT2D eigenvalue weighted by molar-refractivity contribution is -0.383. The van der Waals surface area contributed by atoms with Gasteiger partial charge in [0.25, 0.3) is 0 Å². The first-order valence-electron chi connectivity index (χ1n) is 4.21. The van der Waals surface area contributed by atoms with Gasteiger partial charge in [-0.05, 0) is 12.1 Å². The van der Waals surface area contributed by atoms with Crippen molar-refractivity contribution >= 4 is 40.1 Å². The van der Waals surface area contributed by atoms with Crippen LogP contribution in [0.2, 0.25) is 5.02 Å². The monoisotopic (exact) mass is 275 g/mol. The summed E-state index contributed by atoms with van der Waals surface area (Å²) in [6.07, 6.45) is 0. The van der Waals surface area contributed by atoms with E-state index in [1.165, 1.54) is 12.1 Å². The van der Waals surface area contributed by atoms with Crippen molar-refractivity contribution in [1.82, 2.24) is 9.07 Å². The Bertz CT molecular complexity index is 749. The minimum Gasteiger partial charge on any atom is -0.310 e. The molecular weight excluding hydrogens is 273 g/mol. The lowest BCUT2D eigenvalue weighted by Crippen LogP contribution is -2.33. The number of fused-ring (bicyclic) bond motifs is 1. The topological polar surface area (TPSA) is 98.0 Å². The van der Waals surface area contributed by atoms with E-state index in [1.807, 2.05) is 0 Å². The number of nitrogens with one attached hydrogen (secondary N) is 1. The normalized spacial score (nSPS) is 10.7. The highest BCUT2D eigenvalue weighted by Crippen LogP contribution is 2.30. The van der Waals surface area contributed by atoms with Crippen LogP contribution < -0.4 is 11.1 Å². The maximum Gasteiger partial charge on any atom is 0.331 e. The molecule has 2 rings (SSSR count). The fraction of sp³-hybridized carbons (Fsp3) is 0. The molecule has 0 saturated carbocycles. The molecule has 0 atom stereocenters. The molecule has 0 bridgehead atoms. The van der Waals surface area contributed by atoms with E-state index in [-0.39, 0.29) is 16.1 Å². The van der Waals surface area contributed by atoms with Gasteiger partial charge in [-0.2, -0.15) is 0 Å². The quantitative estimate of drug-likeness (QED) is 0.481. The number of benzene rings is 1. The van der Waals surface area contributed by atoms with Crippen molar-refractivity contribution in [1.29, 1.82) is 0 Å². The molecule has 0 amide bonds. The molecule has 0 fully saturated rings. The largest absolute Gasteiger partial charge is 0.331 e. The van der Waals surface area contributed by atoms with Gasteiger partial charge < -0.3 is 4.98 Å². The van der Waals surface area contributed by atoms with Crippen molar-refractivity contribution in [3.8, 4) is 0 Å². The molecule has 2 aromatic rings. The number of rotatable bonds is 1. The van der Waals surface area contributed by atoms with Gasteiger partial charge in [0.15, 0.2) is 0 Å². The number of aromatic nitrogens is 2. The highest BCUT2D eigenvalue weighted by Gasteiger charge is 2.20. The van der Waals surface area contributed by atoms with Crippen LogP contribution in [0.4, 0.5) is 5.69 Å². The Morgan fingerprint density at radius 3 is 2.59 bits per heavy atom. The van der Waals surface area contributed by atoms with Crippen molar-refractivity contribution < 1.29 is 4.92 Å². The molecule has 0 aliphatic rings. The van der Waals surface area contributed by atoms with Crippen molar-refractivity contribution in [2.45, 2.75) is 0 Å². The fourth-order valence-corrected chi connectivity index (χ4v) is 1.83. The van der Waals surface area contributed by atoms with Crippen LogP contribution in [0.5, 0.6) is 0 Å². The highest BCUT2D eigenvalue weighted by atomic mass is 35.5. The molecule has 0 saturated heterocycles. The third-order valence-electron chi connectivity index (χ3n) is 2.11. The van der Waals surface area contributed by atoms with E-state index in [0.29, 0.717) is 4.09 Å². The molecule has 0 spiro atoms. The van der Waals surface area contributed by atoms with Crippen LogP contribution in [-0.4, -0.2) is 14.0 Å². The third-order valence-corrected chi connectivity index (χ3v) is 2.75. The van der Waals surface area contributed by atoms with Gasteiger partial charge in [-0.25, -0.2) is 4.09 Å². The van der Waals surface area contributed by atoms with E-state index in [9.17, 15) is 19.7 Å². The van der Waals surface area contributed by atoms with Crippen LogP contribution >= 0.6 is 23.4 Å². The first kappa shape index (κ1) is 11.6. The molecule has 0 unspecified atom stereocenters. The maximum absolute atomic E-state index is 11.2. The third kappa shape index (κ3) is 1.69. The van der Waals surface area contributed by atoms with Crippen LogP contribution in [0, 0.1) is 10.1 Å². The first-order chi connectivity index (χ1) is 7.93. The van der Waals surface area contributed by atoms with Crippen LogP contribution in [0.1, 0.15) is 0 Å². The van der Waals surface area contributed by atoms with E-state index in [2.05, 4.69) is 4.98 Å². The molecule has 88 valence electrons. The maximum atomic E-state index is 11.2. The van der Waals surface area contributed by atoms with E-state index in [4.69, 9.17) is 23.4 Å². The summed E-state index contributed by atoms with van der Waals surface area (Å²) in [5.41, 5.74) is -2.77. The lowest BCUT2D eigenvalue weighted by Gasteiger charge is -2.03. The van der Waals surface area contributed by atoms with E-state index in [1.54, 1.807) is 0 Å². The Morgan fingerprint density at radius 1 is 1.35 bits per heavy atom. The second kappa shape index (κ2) is 3.86. The standard InChI is InChI=1S/C8H3Cl2N3O4/c9-3-1-2-4-5(6(3)13(16)17)11-7(14)8(15)12(4)10/h1-2H,(H,11,14). The average Bonchev–Trinajstić information content (AvgIpc) is 2.25. The van der Waals surface area contributed by atoms with Crippen LogP contribution in [0.15, 0.2) is 21.7 Å². The molecule has 0 radical (unpaired) electrons. The van der Waals surface area contributed by atoms with Gasteiger partial charge in [-0.15, -0.1) is 0 Å². The van der Waals surface area contributed by atoms with Gasteiger partial charge in [0.2, 0.25) is 0 Å². The summed E-state index contributed by atoms with van der Waals surface area (Å²) in [5.74, 6) is 0. The molecule has 1 aromatic carbocycles. The van der Waals surface area contributed by atoms with Crippen molar-refractivity contribution in [2.75, 3.05) is 0 Å². The first-order valence-corrected chi connectivity index (χ1v) is 4.93. The van der Waals surface area contributed by atoms with Gasteiger partial charge in [-0.3, -0.25) is 19.7 Å². The van der Waals surface area contributed by atoms with Crippen LogP contribution in [0.3, 0.4) is 0 Å². The number of aromatic amines is 1. The second-order valence-corrected chi connectivity index (χ2v) is 3.83. The molecule has 0 aliphatic heterocycles. The summed E-state index contributed by atoms with van der Waals surface area (Å²) in [4.78, 5) is 34.6. The average molecular weight is 276 g/mol. The predicted octanol–water partition coefficient (Wildman–Crippen LogP) is 1.25. The van der Waals surface area contributed by atoms with Gasteiger partial charge in [0.1, 0.15) is 10.5 Å². The number of nitrogens with zero attached hydrogens (tertiary/aromatic N) is 2. The molecule has 1 heterocycles. The summed E-state index contributed by atoms with van der Waals surface area (Å²) < 4.78 is 0.511. The highest BCUT2D eigenvalue weighted by molar-refractivity contribution is 6.34. The Morgan fingerprint density at radius 2 is 2.00 bits per heavy atom. The summed E-state index contributed by atoms with van der Waals surface area (Å²) in [7, 11) is 0. The molecule has 7 nitrogen and oxygen atoms in total. The minimum absolute atomic E-state index is 0.00682. The fourth-order valence-electron chi connectivity index (χ4n) is 1.39. The van der Waals surface area contributed by atoms with Crippen LogP contribution in [0.25, 0.3) is 11.0 Å². The van der Waals surface area contributed by atoms with E-state index >= 15 is 0 Å². The summed E-state index contributed by atoms with van der Waals surface area (Å²) in [6.45, 7) is 0. The minimum atomic E-state index is -1.06. The lowest BCUT2D eigenvalue weighted by atomic mass is 10.2. The Balaban J connectivity index is 3.12. The number of H-pyrrole nitrogens is 1. The van der Waals surface area contributed by atoms with Crippen molar-refractivity contribution in [3.63, 3.8) is 0 Å². The van der Waals surface area contributed by atoms with Gasteiger partial charge in [0.05, 0.1) is 10.4 Å². The summed E-state index contributed by atoms with van der Waals surface area (Å²) in [5, 5.41) is 10.7. The Hall–Kier alpha value is -1.86. The number of hydrogen-bond acceptors (Lipinski definition) is 4. The zero-order valence-electron chi connectivity index (χ0n) is 7.94. The molecule has 1 N–H and O–H groups in total. The van der Waals surface area contributed by atoms with E-state index in [0.717, 1.165) is 0 Å². The number of nitro benzene ring substituents is 1. The number of hydrogen-bond donors (Lipinski definition) is 1. The zero-order valence-corrected chi connectivity index (χ0v) is 9.45. The molecule has 1 aromatic heterocycles. The predicted molar refractivity (Wildman–Crippen MR) is 61.7 cm³/mol. The van der Waals surface area contributed by atoms with Crippen molar-refractivity contribution in [3.05, 3.63) is 48.0 Å². The summed E-state index contributed by atoms with van der Waals surface area (Å²) in [6, 6.07) is 2.52. The van der Waals surface area contributed by atoms with Gasteiger partial charge >= 0.3 is 16.8 Å². The Labute approximate surface area is 102 Å². The second-order valence-electron chi connectivity index (χ2n) is 3.09. The van der Waals surface area contributed by atoms with Gasteiger partial charge in [0, 0.05) is 11.8 Å². The van der Waals surface area contributed by atoms with Crippen molar-refractivity contribution in [2.24, 2.45) is 0 Å². The zero-order chi connectivity index (χ0) is 12.7. The SMILES string of the molecule is O=c1[nH]c2c([N+](=O)[O-])c(Cl)ccc2n(Cl)c1=O. The summed E-state index contributed by atoms with van der Waals surface area (Å²) >= 11 is 11.2. The molecule has 9 heteroatoms. The Kier molecular flexibility index (Phi) is 2.64. The molecular formula is C8H3Cl2N3O4. The molecule has 0 aliphatic carbocycles.